The highest BCUT2D eigenvalue weighted by Crippen LogP contribution is 2.16. The molecule has 1 nitrogen and oxygen atoms in total. The Labute approximate surface area is 85.5 Å². The predicted molar refractivity (Wildman–Crippen MR) is 54.6 cm³/mol. The summed E-state index contributed by atoms with van der Waals surface area (Å²) in [5.41, 5.74) is 1.00. The molecule has 0 heterocycles. The molecule has 13 heavy (non-hydrogen) atoms. The largest absolute Gasteiger partial charge is 0.302 e. The molecule has 68 valence electrons. The summed E-state index contributed by atoms with van der Waals surface area (Å²) in [7, 11) is 0. The molecule has 0 radical (unpaired) electrons. The maximum Gasteiger partial charge on any atom is 0.137 e. The van der Waals surface area contributed by atoms with Gasteiger partial charge in [-0.25, -0.2) is 4.39 Å². The average molecular weight is 242 g/mol. The second-order valence-corrected chi connectivity index (χ2v) is 3.41. The zero-order chi connectivity index (χ0) is 9.68. The molecule has 1 aromatic rings. The third-order valence-corrected chi connectivity index (χ3v) is 2.15. The lowest BCUT2D eigenvalue weighted by Gasteiger charge is -2.02. The number of hydrogen-bond acceptors (Lipinski definition) is 1. The van der Waals surface area contributed by atoms with Gasteiger partial charge >= 0.3 is 0 Å². The molecule has 0 bridgehead atoms. The van der Waals surface area contributed by atoms with Gasteiger partial charge in [0.1, 0.15) is 5.82 Å². The summed E-state index contributed by atoms with van der Waals surface area (Å²) in [5, 5.41) is 3.02. The topological polar surface area (TPSA) is 12.0 Å². The molecule has 1 rings (SSSR count). The minimum Gasteiger partial charge on any atom is -0.302 e. The van der Waals surface area contributed by atoms with E-state index in [2.05, 4.69) is 27.2 Å². The molecule has 0 saturated carbocycles. The smallest absolute Gasteiger partial charge is 0.137 e. The lowest BCUT2D eigenvalue weighted by Crippen LogP contribution is -2.12. The zero-order valence-electron chi connectivity index (χ0n) is 6.98. The Morgan fingerprint density at radius 3 is 2.92 bits per heavy atom. The first-order chi connectivity index (χ1) is 6.24. The number of nitrogens with one attached hydrogen (secondary N) is 1. The third kappa shape index (κ3) is 3.17. The highest BCUT2D eigenvalue weighted by atomic mass is 79.9. The van der Waals surface area contributed by atoms with Gasteiger partial charge in [0.15, 0.2) is 0 Å². The van der Waals surface area contributed by atoms with E-state index in [4.69, 9.17) is 6.42 Å². The summed E-state index contributed by atoms with van der Waals surface area (Å²) in [6.45, 7) is 1.18. The van der Waals surface area contributed by atoms with Crippen molar-refractivity contribution in [2.45, 2.75) is 6.54 Å². The van der Waals surface area contributed by atoms with E-state index < -0.39 is 0 Å². The molecule has 0 atom stereocenters. The van der Waals surface area contributed by atoms with Crippen LogP contribution in [0.4, 0.5) is 4.39 Å². The van der Waals surface area contributed by atoms with E-state index in [0.717, 1.165) is 5.56 Å². The van der Waals surface area contributed by atoms with Crippen LogP contribution >= 0.6 is 15.9 Å². The fourth-order valence-corrected chi connectivity index (χ4v) is 1.35. The molecule has 0 aliphatic rings. The average Bonchev–Trinajstić information content (AvgIpc) is 2.12. The van der Waals surface area contributed by atoms with Crippen molar-refractivity contribution < 1.29 is 4.39 Å². The van der Waals surface area contributed by atoms with E-state index in [0.29, 0.717) is 17.6 Å². The summed E-state index contributed by atoms with van der Waals surface area (Å²) >= 11 is 3.11. The van der Waals surface area contributed by atoms with Gasteiger partial charge in [-0.05, 0) is 33.6 Å². The Bertz CT molecular complexity index is 330. The molecular weight excluding hydrogens is 233 g/mol. The highest BCUT2D eigenvalue weighted by Gasteiger charge is 1.99. The van der Waals surface area contributed by atoms with E-state index in [1.807, 2.05) is 0 Å². The molecule has 0 saturated heterocycles. The van der Waals surface area contributed by atoms with Crippen molar-refractivity contribution in [3.63, 3.8) is 0 Å². The van der Waals surface area contributed by atoms with Crippen LogP contribution in [0.3, 0.4) is 0 Å². The first-order valence-electron chi connectivity index (χ1n) is 3.82. The fraction of sp³-hybridized carbons (Fsp3) is 0.200. The fourth-order valence-electron chi connectivity index (χ4n) is 0.929. The van der Waals surface area contributed by atoms with Crippen molar-refractivity contribution in [1.82, 2.24) is 5.32 Å². The Morgan fingerprint density at radius 1 is 1.54 bits per heavy atom. The van der Waals surface area contributed by atoms with Crippen molar-refractivity contribution >= 4 is 15.9 Å². The van der Waals surface area contributed by atoms with Crippen LogP contribution in [0.15, 0.2) is 22.7 Å². The van der Waals surface area contributed by atoms with Crippen LogP contribution in [0.2, 0.25) is 0 Å². The van der Waals surface area contributed by atoms with E-state index in [1.165, 1.54) is 6.07 Å². The first kappa shape index (κ1) is 10.2. The number of terminal acetylenes is 1. The van der Waals surface area contributed by atoms with Crippen molar-refractivity contribution in [2.75, 3.05) is 6.54 Å². The van der Waals surface area contributed by atoms with Gasteiger partial charge in [-0.3, -0.25) is 0 Å². The van der Waals surface area contributed by atoms with Gasteiger partial charge in [-0.1, -0.05) is 12.0 Å². The predicted octanol–water partition coefficient (Wildman–Crippen LogP) is 2.31. The lowest BCUT2D eigenvalue weighted by molar-refractivity contribution is 0.619. The minimum atomic E-state index is -0.249. The molecule has 1 N–H and O–H groups in total. The quantitative estimate of drug-likeness (QED) is 0.633. The van der Waals surface area contributed by atoms with Crippen molar-refractivity contribution in [1.29, 1.82) is 0 Å². The summed E-state index contributed by atoms with van der Waals surface area (Å²) < 4.78 is 13.3. The van der Waals surface area contributed by atoms with Gasteiger partial charge in [-0.2, -0.15) is 0 Å². The summed E-state index contributed by atoms with van der Waals surface area (Å²) in [6, 6.07) is 4.89. The number of rotatable bonds is 3. The van der Waals surface area contributed by atoms with Crippen LogP contribution in [-0.2, 0) is 6.54 Å². The number of halogens is 2. The Kier molecular flexibility index (Phi) is 3.94. The van der Waals surface area contributed by atoms with Crippen LogP contribution in [0.5, 0.6) is 0 Å². The molecule has 0 spiro atoms. The van der Waals surface area contributed by atoms with Gasteiger partial charge in [0, 0.05) is 6.54 Å². The van der Waals surface area contributed by atoms with Gasteiger partial charge in [0.05, 0.1) is 11.0 Å². The van der Waals surface area contributed by atoms with E-state index in [9.17, 15) is 4.39 Å². The Morgan fingerprint density at radius 2 is 2.31 bits per heavy atom. The van der Waals surface area contributed by atoms with E-state index in [-0.39, 0.29) is 5.82 Å². The van der Waals surface area contributed by atoms with Crippen LogP contribution in [0.25, 0.3) is 0 Å². The van der Waals surface area contributed by atoms with Crippen molar-refractivity contribution in [3.05, 3.63) is 34.1 Å². The van der Waals surface area contributed by atoms with Crippen molar-refractivity contribution in [3.8, 4) is 12.3 Å². The van der Waals surface area contributed by atoms with Gasteiger partial charge in [-0.15, -0.1) is 6.42 Å². The van der Waals surface area contributed by atoms with Crippen LogP contribution in [0.1, 0.15) is 5.56 Å². The molecule has 1 aromatic carbocycles. The molecule has 0 aromatic heterocycles. The van der Waals surface area contributed by atoms with Gasteiger partial charge < -0.3 is 5.32 Å². The molecule has 0 unspecified atom stereocenters. The number of benzene rings is 1. The van der Waals surface area contributed by atoms with Crippen LogP contribution < -0.4 is 5.32 Å². The minimum absolute atomic E-state index is 0.249. The van der Waals surface area contributed by atoms with Crippen LogP contribution in [0, 0.1) is 18.2 Å². The second-order valence-electron chi connectivity index (χ2n) is 2.56. The maximum absolute atomic E-state index is 12.8. The standard InChI is InChI=1S/C10H9BrFN/c1-2-5-13-7-8-3-4-10(12)9(11)6-8/h1,3-4,6,13H,5,7H2. The molecule has 3 heteroatoms. The summed E-state index contributed by atoms with van der Waals surface area (Å²) in [5.74, 6) is 2.22. The lowest BCUT2D eigenvalue weighted by atomic mass is 10.2. The molecule has 0 amide bonds. The first-order valence-corrected chi connectivity index (χ1v) is 4.61. The molecular formula is C10H9BrFN. The molecule has 0 fully saturated rings. The van der Waals surface area contributed by atoms with E-state index >= 15 is 0 Å². The maximum atomic E-state index is 12.8. The Balaban J connectivity index is 2.59. The number of hydrogen-bond donors (Lipinski definition) is 1. The second kappa shape index (κ2) is 5.00. The highest BCUT2D eigenvalue weighted by molar-refractivity contribution is 9.10. The Hall–Kier alpha value is -0.850. The van der Waals surface area contributed by atoms with Gasteiger partial charge in [0.2, 0.25) is 0 Å². The normalized spacial score (nSPS) is 9.62. The molecule has 0 aliphatic heterocycles. The zero-order valence-corrected chi connectivity index (χ0v) is 8.57. The third-order valence-electron chi connectivity index (χ3n) is 1.54. The summed E-state index contributed by atoms with van der Waals surface area (Å²) in [6.07, 6.45) is 5.06. The SMILES string of the molecule is C#CCNCc1ccc(F)c(Br)c1. The monoisotopic (exact) mass is 241 g/mol. The van der Waals surface area contributed by atoms with E-state index in [1.54, 1.807) is 12.1 Å². The van der Waals surface area contributed by atoms with Crippen molar-refractivity contribution in [2.24, 2.45) is 0 Å². The summed E-state index contributed by atoms with van der Waals surface area (Å²) in [4.78, 5) is 0. The van der Waals surface area contributed by atoms with Crippen LogP contribution in [-0.4, -0.2) is 6.54 Å². The molecule has 0 aliphatic carbocycles. The van der Waals surface area contributed by atoms with Gasteiger partial charge in [0.25, 0.3) is 0 Å².